The number of carbonyl (C=O) groups excluding carboxylic acids is 2. The van der Waals surface area contributed by atoms with Crippen LogP contribution in [-0.4, -0.2) is 66.4 Å². The van der Waals surface area contributed by atoms with E-state index in [0.717, 1.165) is 11.3 Å². The van der Waals surface area contributed by atoms with Crippen LogP contribution in [0.1, 0.15) is 38.8 Å². The molecule has 0 radical (unpaired) electrons. The molecule has 4 aromatic carbocycles. The molecule has 218 valence electrons. The van der Waals surface area contributed by atoms with E-state index in [1.54, 1.807) is 30.0 Å². The van der Waals surface area contributed by atoms with Crippen LogP contribution < -0.4 is 4.90 Å². The number of ether oxygens (including phenoxy) is 1. The maximum absolute atomic E-state index is 13.4. The van der Waals surface area contributed by atoms with Gasteiger partial charge in [0.15, 0.2) is 5.88 Å². The monoisotopic (exact) mass is 574 g/mol. The number of anilines is 1. The molecule has 0 atom stereocenters. The first-order chi connectivity index (χ1) is 20.9. The third-order valence-corrected chi connectivity index (χ3v) is 7.01. The van der Waals surface area contributed by atoms with E-state index >= 15 is 0 Å². The number of rotatable bonds is 10. The molecule has 0 bridgehead atoms. The maximum atomic E-state index is 13.4. The van der Waals surface area contributed by atoms with E-state index in [4.69, 9.17) is 9.73 Å². The smallest absolute Gasteiger partial charge is 0.338 e. The van der Waals surface area contributed by atoms with Crippen LogP contribution in [0.3, 0.4) is 0 Å². The van der Waals surface area contributed by atoms with E-state index < -0.39 is 5.97 Å². The van der Waals surface area contributed by atoms with Gasteiger partial charge < -0.3 is 24.6 Å². The fourth-order valence-electron chi connectivity index (χ4n) is 4.85. The standard InChI is InChI=1S/C35H34N4O4/c1-4-43-35(42)26-15-20-29-30(23-26)37-33(40)31(29)32(24-11-7-5-8-12-24)36-27-16-18-28(19-17-27)39(22-21-38(2)3)34(41)25-13-9-6-10-14-25/h5-20,23,37,40H,4,21-22H2,1-3H3. The maximum Gasteiger partial charge on any atom is 0.338 e. The van der Waals surface area contributed by atoms with Crippen molar-refractivity contribution in [1.29, 1.82) is 0 Å². The molecule has 1 heterocycles. The van der Waals surface area contributed by atoms with Gasteiger partial charge >= 0.3 is 5.97 Å². The van der Waals surface area contributed by atoms with Crippen LogP contribution in [0.4, 0.5) is 11.4 Å². The molecule has 8 nitrogen and oxygen atoms in total. The highest BCUT2D eigenvalue weighted by Crippen LogP contribution is 2.33. The van der Waals surface area contributed by atoms with Gasteiger partial charge in [-0.25, -0.2) is 9.79 Å². The quantitative estimate of drug-likeness (QED) is 0.148. The molecule has 8 heteroatoms. The molecule has 0 aliphatic rings. The molecule has 5 aromatic rings. The third kappa shape index (κ3) is 6.66. The minimum atomic E-state index is -0.428. The molecule has 0 aliphatic heterocycles. The topological polar surface area (TPSA) is 98.2 Å². The number of hydrogen-bond acceptors (Lipinski definition) is 6. The van der Waals surface area contributed by atoms with Gasteiger partial charge in [-0.2, -0.15) is 0 Å². The summed E-state index contributed by atoms with van der Waals surface area (Å²) in [6.45, 7) is 3.26. The van der Waals surface area contributed by atoms with E-state index in [-0.39, 0.29) is 18.4 Å². The molecule has 0 aliphatic carbocycles. The minimum absolute atomic E-state index is 0.0569. The Morgan fingerprint density at radius 3 is 2.09 bits per heavy atom. The zero-order chi connectivity index (χ0) is 30.3. The Hall–Kier alpha value is -5.21. The number of H-pyrrole nitrogens is 1. The number of aromatic nitrogens is 1. The van der Waals surface area contributed by atoms with Crippen LogP contribution in [0.25, 0.3) is 10.9 Å². The Balaban J connectivity index is 1.54. The summed E-state index contributed by atoms with van der Waals surface area (Å²) < 4.78 is 5.14. The molecule has 1 aromatic heterocycles. The van der Waals surface area contributed by atoms with Crippen LogP contribution in [0.15, 0.2) is 108 Å². The number of carbonyl (C=O) groups is 2. The second-order valence-electron chi connectivity index (χ2n) is 10.3. The summed E-state index contributed by atoms with van der Waals surface area (Å²) in [5.74, 6) is -0.560. The SMILES string of the molecule is CCOC(=O)c1ccc2c(C(=Nc3ccc(N(CCN(C)C)C(=O)c4ccccc4)cc3)c3ccccc3)c(O)[nH]c2c1. The second kappa shape index (κ2) is 13.2. The van der Waals surface area contributed by atoms with Crippen molar-refractivity contribution in [3.8, 4) is 5.88 Å². The average Bonchev–Trinajstić information content (AvgIpc) is 3.36. The van der Waals surface area contributed by atoms with Gasteiger partial charge in [-0.05, 0) is 69.6 Å². The summed E-state index contributed by atoms with van der Waals surface area (Å²) in [6, 6.07) is 31.5. The van der Waals surface area contributed by atoms with Crippen molar-refractivity contribution in [2.45, 2.75) is 6.92 Å². The molecule has 43 heavy (non-hydrogen) atoms. The number of benzene rings is 4. The van der Waals surface area contributed by atoms with E-state index in [9.17, 15) is 14.7 Å². The van der Waals surface area contributed by atoms with Crippen LogP contribution in [0.2, 0.25) is 0 Å². The van der Waals surface area contributed by atoms with Crippen molar-refractivity contribution >= 4 is 39.9 Å². The lowest BCUT2D eigenvalue weighted by molar-refractivity contribution is 0.0526. The number of aliphatic imine (C=N–C) groups is 1. The molecule has 0 unspecified atom stereocenters. The fourth-order valence-corrected chi connectivity index (χ4v) is 4.85. The fraction of sp³-hybridized carbons (Fsp3) is 0.171. The Bertz CT molecular complexity index is 1740. The van der Waals surface area contributed by atoms with Crippen LogP contribution in [0.5, 0.6) is 5.88 Å². The summed E-state index contributed by atoms with van der Waals surface area (Å²) in [4.78, 5) is 37.5. The van der Waals surface area contributed by atoms with Crippen molar-refractivity contribution < 1.29 is 19.4 Å². The number of hydrogen-bond donors (Lipinski definition) is 2. The van der Waals surface area contributed by atoms with Crippen molar-refractivity contribution in [3.05, 3.63) is 125 Å². The first kappa shape index (κ1) is 29.3. The first-order valence-corrected chi connectivity index (χ1v) is 14.1. The summed E-state index contributed by atoms with van der Waals surface area (Å²) in [5, 5.41) is 11.8. The number of fused-ring (bicyclic) bond motifs is 1. The summed E-state index contributed by atoms with van der Waals surface area (Å²) in [7, 11) is 3.96. The van der Waals surface area contributed by atoms with E-state index in [1.807, 2.05) is 104 Å². The Labute approximate surface area is 250 Å². The van der Waals surface area contributed by atoms with Gasteiger partial charge in [0, 0.05) is 40.8 Å². The van der Waals surface area contributed by atoms with E-state index in [2.05, 4.69) is 4.98 Å². The van der Waals surface area contributed by atoms with Crippen molar-refractivity contribution in [1.82, 2.24) is 9.88 Å². The minimum Gasteiger partial charge on any atom is -0.494 e. The van der Waals surface area contributed by atoms with E-state index in [1.165, 1.54) is 0 Å². The molecule has 5 rings (SSSR count). The highest BCUT2D eigenvalue weighted by Gasteiger charge is 2.21. The lowest BCUT2D eigenvalue weighted by Crippen LogP contribution is -2.36. The molecular weight excluding hydrogens is 540 g/mol. The van der Waals surface area contributed by atoms with Crippen LogP contribution in [0, 0.1) is 0 Å². The first-order valence-electron chi connectivity index (χ1n) is 14.1. The molecule has 1 amide bonds. The number of amides is 1. The highest BCUT2D eigenvalue weighted by atomic mass is 16.5. The number of aromatic amines is 1. The zero-order valence-electron chi connectivity index (χ0n) is 24.4. The summed E-state index contributed by atoms with van der Waals surface area (Å²) >= 11 is 0. The molecule has 0 saturated heterocycles. The molecule has 0 saturated carbocycles. The number of esters is 1. The predicted molar refractivity (Wildman–Crippen MR) is 171 cm³/mol. The largest absolute Gasteiger partial charge is 0.494 e. The number of nitrogens with zero attached hydrogens (tertiary/aromatic N) is 3. The summed E-state index contributed by atoms with van der Waals surface area (Å²) in [5.41, 5.74) is 4.91. The zero-order valence-corrected chi connectivity index (χ0v) is 24.4. The molecular formula is C35H34N4O4. The molecule has 2 N–H and O–H groups in total. The van der Waals surface area contributed by atoms with Crippen molar-refractivity contribution in [3.63, 3.8) is 0 Å². The van der Waals surface area contributed by atoms with E-state index in [0.29, 0.717) is 52.1 Å². The number of aromatic hydroxyl groups is 1. The Kier molecular flexibility index (Phi) is 8.98. The molecule has 0 fully saturated rings. The van der Waals surface area contributed by atoms with Crippen molar-refractivity contribution in [2.24, 2.45) is 4.99 Å². The molecule has 0 spiro atoms. The third-order valence-electron chi connectivity index (χ3n) is 7.01. The Morgan fingerprint density at radius 1 is 0.814 bits per heavy atom. The highest BCUT2D eigenvalue weighted by molar-refractivity contribution is 6.22. The number of nitrogens with one attached hydrogen (secondary N) is 1. The van der Waals surface area contributed by atoms with Gasteiger partial charge in [0.25, 0.3) is 5.91 Å². The lowest BCUT2D eigenvalue weighted by atomic mass is 10.00. The van der Waals surface area contributed by atoms with Gasteiger partial charge in [0.2, 0.25) is 0 Å². The van der Waals surface area contributed by atoms with Gasteiger partial charge in [0.1, 0.15) is 0 Å². The van der Waals surface area contributed by atoms with Gasteiger partial charge in [-0.3, -0.25) is 4.79 Å². The summed E-state index contributed by atoms with van der Waals surface area (Å²) in [6.07, 6.45) is 0. The average molecular weight is 575 g/mol. The van der Waals surface area contributed by atoms with Gasteiger partial charge in [-0.15, -0.1) is 0 Å². The van der Waals surface area contributed by atoms with Gasteiger partial charge in [0.05, 0.1) is 29.1 Å². The number of likely N-dealkylation sites (N-methyl/N-ethyl adjacent to an activating group) is 1. The van der Waals surface area contributed by atoms with Crippen LogP contribution >= 0.6 is 0 Å². The normalized spacial score (nSPS) is 11.6. The van der Waals surface area contributed by atoms with Crippen LogP contribution in [-0.2, 0) is 4.74 Å². The second-order valence-corrected chi connectivity index (χ2v) is 10.3. The lowest BCUT2D eigenvalue weighted by Gasteiger charge is -2.25. The van der Waals surface area contributed by atoms with Gasteiger partial charge in [-0.1, -0.05) is 54.6 Å². The van der Waals surface area contributed by atoms with Crippen molar-refractivity contribution in [2.75, 3.05) is 38.7 Å². The predicted octanol–water partition coefficient (Wildman–Crippen LogP) is 6.43. The Morgan fingerprint density at radius 2 is 1.47 bits per heavy atom.